The van der Waals surface area contributed by atoms with Crippen LogP contribution in [0.25, 0.3) is 0 Å². The van der Waals surface area contributed by atoms with Gasteiger partial charge in [0.15, 0.2) is 0 Å². The van der Waals surface area contributed by atoms with E-state index in [-0.39, 0.29) is 0 Å². The zero-order valence-corrected chi connectivity index (χ0v) is 30.0. The molecule has 3 rings (SSSR count). The van der Waals surface area contributed by atoms with Crippen LogP contribution < -0.4 is 9.47 Å². The minimum atomic E-state index is -0.800. The largest absolute Gasteiger partial charge is 0.494 e. The van der Waals surface area contributed by atoms with Gasteiger partial charge in [-0.05, 0) is 53.8 Å². The van der Waals surface area contributed by atoms with Gasteiger partial charge in [0.2, 0.25) is 0 Å². The zero-order valence-electron chi connectivity index (χ0n) is 29.3. The van der Waals surface area contributed by atoms with Crippen LogP contribution in [0.4, 0.5) is 0 Å². The van der Waals surface area contributed by atoms with Crippen LogP contribution in [0, 0.1) is 0 Å². The van der Waals surface area contributed by atoms with Crippen molar-refractivity contribution in [1.29, 1.82) is 0 Å². The lowest BCUT2D eigenvalue weighted by molar-refractivity contribution is 0.304. The van der Waals surface area contributed by atoms with Crippen molar-refractivity contribution in [2.24, 2.45) is 0 Å². The van der Waals surface area contributed by atoms with E-state index in [1.54, 1.807) is 0 Å². The molecule has 2 nitrogen and oxygen atoms in total. The van der Waals surface area contributed by atoms with Crippen molar-refractivity contribution in [3.05, 3.63) is 95.6 Å². The zero-order chi connectivity index (χ0) is 32.5. The maximum atomic E-state index is 7.58. The van der Waals surface area contributed by atoms with Gasteiger partial charge in [-0.1, -0.05) is 184 Å². The van der Waals surface area contributed by atoms with Gasteiger partial charge in [0, 0.05) is 0 Å². The molecule has 0 aliphatic heterocycles. The first-order chi connectivity index (χ1) is 22.7. The standard InChI is InChI=1S/C43H63ClO2/c1-3-5-7-9-11-13-15-17-19-24-36-45-41-32-28-39(29-33-41)43(44,38-26-22-21-23-27-38)40-30-34-42(35-31-40)46-37-25-20-18-16-14-12-10-8-6-4-2/h21-23,26-35H,3-20,24-25,36-37H2,1-2H3. The predicted molar refractivity (Wildman–Crippen MR) is 200 cm³/mol. The van der Waals surface area contributed by atoms with Gasteiger partial charge < -0.3 is 9.47 Å². The van der Waals surface area contributed by atoms with Crippen LogP contribution in [-0.2, 0) is 4.87 Å². The Morgan fingerprint density at radius 3 is 1.04 bits per heavy atom. The summed E-state index contributed by atoms with van der Waals surface area (Å²) in [5.41, 5.74) is 3.12. The second-order valence-corrected chi connectivity index (χ2v) is 13.7. The van der Waals surface area contributed by atoms with Gasteiger partial charge in [-0.2, -0.15) is 0 Å². The van der Waals surface area contributed by atoms with Crippen LogP contribution in [-0.4, -0.2) is 13.2 Å². The van der Waals surface area contributed by atoms with E-state index in [2.05, 4.69) is 86.6 Å². The van der Waals surface area contributed by atoms with E-state index in [4.69, 9.17) is 21.1 Å². The second kappa shape index (κ2) is 23.8. The maximum absolute atomic E-state index is 7.58. The lowest BCUT2D eigenvalue weighted by atomic mass is 9.84. The van der Waals surface area contributed by atoms with E-state index in [1.807, 2.05) is 6.07 Å². The summed E-state index contributed by atoms with van der Waals surface area (Å²) in [4.78, 5) is -0.800. The topological polar surface area (TPSA) is 18.5 Å². The Hall–Kier alpha value is -2.45. The van der Waals surface area contributed by atoms with Crippen LogP contribution in [0.5, 0.6) is 11.5 Å². The third-order valence-corrected chi connectivity index (χ3v) is 9.86. The smallest absolute Gasteiger partial charge is 0.119 e. The molecular weight excluding hydrogens is 584 g/mol. The van der Waals surface area contributed by atoms with Crippen molar-refractivity contribution < 1.29 is 9.47 Å². The molecule has 3 aromatic carbocycles. The van der Waals surface area contributed by atoms with Crippen molar-refractivity contribution in [3.8, 4) is 11.5 Å². The fraction of sp³-hybridized carbons (Fsp3) is 0.581. The highest BCUT2D eigenvalue weighted by molar-refractivity contribution is 6.28. The first-order valence-electron chi connectivity index (χ1n) is 18.9. The normalized spacial score (nSPS) is 11.5. The van der Waals surface area contributed by atoms with Gasteiger partial charge in [-0.15, -0.1) is 11.6 Å². The fourth-order valence-electron chi connectivity index (χ4n) is 6.29. The van der Waals surface area contributed by atoms with Crippen molar-refractivity contribution >= 4 is 11.6 Å². The Kier molecular flexibility index (Phi) is 19.7. The van der Waals surface area contributed by atoms with Crippen LogP contribution in [0.2, 0.25) is 0 Å². The minimum absolute atomic E-state index is 0.765. The molecule has 0 N–H and O–H groups in total. The molecule has 0 unspecified atom stereocenters. The molecule has 0 atom stereocenters. The molecule has 0 radical (unpaired) electrons. The lowest BCUT2D eigenvalue weighted by Gasteiger charge is -2.29. The predicted octanol–water partition coefficient (Wildman–Crippen LogP) is 13.8. The van der Waals surface area contributed by atoms with Gasteiger partial charge in [-0.25, -0.2) is 0 Å². The van der Waals surface area contributed by atoms with Crippen LogP contribution in [0.15, 0.2) is 78.9 Å². The molecule has 46 heavy (non-hydrogen) atoms. The molecule has 0 heterocycles. The third-order valence-electron chi connectivity index (χ3n) is 9.21. The summed E-state index contributed by atoms with van der Waals surface area (Å²) in [6, 6.07) is 27.1. The van der Waals surface area contributed by atoms with E-state index >= 15 is 0 Å². The molecule has 0 bridgehead atoms. The Bertz CT molecular complexity index is 1060. The van der Waals surface area contributed by atoms with E-state index < -0.39 is 4.87 Å². The highest BCUT2D eigenvalue weighted by Gasteiger charge is 2.34. The van der Waals surface area contributed by atoms with Crippen molar-refractivity contribution in [1.82, 2.24) is 0 Å². The van der Waals surface area contributed by atoms with Crippen LogP contribution in [0.3, 0.4) is 0 Å². The quantitative estimate of drug-likeness (QED) is 0.0466. The van der Waals surface area contributed by atoms with Gasteiger partial charge in [-0.3, -0.25) is 0 Å². The molecule has 0 fully saturated rings. The maximum Gasteiger partial charge on any atom is 0.119 e. The highest BCUT2D eigenvalue weighted by Crippen LogP contribution is 2.44. The van der Waals surface area contributed by atoms with Gasteiger partial charge in [0.1, 0.15) is 16.4 Å². The number of hydrogen-bond acceptors (Lipinski definition) is 2. The average molecular weight is 647 g/mol. The molecule has 0 aliphatic rings. The lowest BCUT2D eigenvalue weighted by Crippen LogP contribution is -2.22. The summed E-state index contributed by atoms with van der Waals surface area (Å²) < 4.78 is 12.2. The number of alkyl halides is 1. The molecule has 0 spiro atoms. The number of unbranched alkanes of at least 4 members (excludes halogenated alkanes) is 18. The molecule has 0 aliphatic carbocycles. The number of hydrogen-bond donors (Lipinski definition) is 0. The van der Waals surface area contributed by atoms with Gasteiger partial charge in [0.05, 0.1) is 13.2 Å². The Morgan fingerprint density at radius 1 is 0.391 bits per heavy atom. The Balaban J connectivity index is 1.45. The SMILES string of the molecule is CCCCCCCCCCCCOc1ccc(C(Cl)(c2ccccc2)c2ccc(OCCCCCCCCCCCC)cc2)cc1. The van der Waals surface area contributed by atoms with Gasteiger partial charge >= 0.3 is 0 Å². The molecule has 254 valence electrons. The average Bonchev–Trinajstić information content (AvgIpc) is 3.10. The molecule has 0 saturated carbocycles. The number of benzene rings is 3. The Morgan fingerprint density at radius 2 is 0.696 bits per heavy atom. The summed E-state index contributed by atoms with van der Waals surface area (Å²) in [5.74, 6) is 1.81. The van der Waals surface area contributed by atoms with E-state index in [0.717, 1.165) is 54.2 Å². The van der Waals surface area contributed by atoms with Gasteiger partial charge in [0.25, 0.3) is 0 Å². The molecule has 3 heteroatoms. The summed E-state index contributed by atoms with van der Waals surface area (Å²) in [5, 5.41) is 0. The van der Waals surface area contributed by atoms with E-state index in [0.29, 0.717) is 0 Å². The van der Waals surface area contributed by atoms with Crippen molar-refractivity contribution in [3.63, 3.8) is 0 Å². The van der Waals surface area contributed by atoms with Crippen LogP contribution in [0.1, 0.15) is 159 Å². The first-order valence-corrected chi connectivity index (χ1v) is 19.3. The van der Waals surface area contributed by atoms with Crippen molar-refractivity contribution in [2.75, 3.05) is 13.2 Å². The summed E-state index contributed by atoms with van der Waals surface area (Å²) in [6.45, 7) is 6.09. The monoisotopic (exact) mass is 646 g/mol. The first kappa shape index (κ1) is 38.0. The molecule has 3 aromatic rings. The molecule has 0 aromatic heterocycles. The molecule has 0 amide bonds. The summed E-state index contributed by atoms with van der Waals surface area (Å²) >= 11 is 7.58. The van der Waals surface area contributed by atoms with E-state index in [1.165, 1.54) is 116 Å². The summed E-state index contributed by atoms with van der Waals surface area (Å²) in [7, 11) is 0. The third kappa shape index (κ3) is 14.1. The van der Waals surface area contributed by atoms with Crippen molar-refractivity contribution in [2.45, 2.75) is 147 Å². The molecule has 0 saturated heterocycles. The highest BCUT2D eigenvalue weighted by atomic mass is 35.5. The number of ether oxygens (including phenoxy) is 2. The second-order valence-electron chi connectivity index (χ2n) is 13.1. The Labute approximate surface area is 287 Å². The summed E-state index contributed by atoms with van der Waals surface area (Å²) in [6.07, 6.45) is 26.6. The van der Waals surface area contributed by atoms with Crippen LogP contribution >= 0.6 is 11.6 Å². The minimum Gasteiger partial charge on any atom is -0.494 e. The number of halogens is 1. The molecular formula is C43H63ClO2. The fourth-order valence-corrected chi connectivity index (χ4v) is 6.67. The number of rotatable bonds is 27. The van der Waals surface area contributed by atoms with E-state index in [9.17, 15) is 0 Å².